The van der Waals surface area contributed by atoms with Crippen LogP contribution in [-0.4, -0.2) is 25.2 Å². The molecule has 31 heavy (non-hydrogen) atoms. The van der Waals surface area contributed by atoms with Gasteiger partial charge in [0, 0.05) is 40.5 Å². The Kier molecular flexibility index (Phi) is 5.57. The maximum absolute atomic E-state index is 11.9. The van der Waals surface area contributed by atoms with Gasteiger partial charge in [-0.2, -0.15) is 0 Å². The predicted molar refractivity (Wildman–Crippen MR) is 120 cm³/mol. The summed E-state index contributed by atoms with van der Waals surface area (Å²) in [7, 11) is 2.86. The van der Waals surface area contributed by atoms with Gasteiger partial charge in [0.2, 0.25) is 0 Å². The van der Waals surface area contributed by atoms with E-state index in [2.05, 4.69) is 10.3 Å². The van der Waals surface area contributed by atoms with Crippen LogP contribution in [0.3, 0.4) is 0 Å². The Bertz CT molecular complexity index is 1260. The minimum absolute atomic E-state index is 0.366. The van der Waals surface area contributed by atoms with Crippen LogP contribution in [0.5, 0.6) is 17.2 Å². The molecule has 7 nitrogen and oxygen atoms in total. The normalized spacial score (nSPS) is 10.5. The van der Waals surface area contributed by atoms with Crippen molar-refractivity contribution in [2.45, 2.75) is 0 Å². The highest BCUT2D eigenvalue weighted by molar-refractivity contribution is 5.97. The molecule has 1 aromatic heterocycles. The topological polar surface area (TPSA) is 95.7 Å². The van der Waals surface area contributed by atoms with Gasteiger partial charge in [-0.1, -0.05) is 24.3 Å². The van der Waals surface area contributed by atoms with Gasteiger partial charge >= 0.3 is 5.97 Å². The maximum atomic E-state index is 11.9. The molecular weight excluding hydrogens is 394 g/mol. The fourth-order valence-electron chi connectivity index (χ4n) is 3.23. The van der Waals surface area contributed by atoms with Crippen LogP contribution >= 0.6 is 0 Å². The number of anilines is 3. The van der Waals surface area contributed by atoms with Gasteiger partial charge in [-0.3, -0.25) is 0 Å². The first-order valence-corrected chi connectivity index (χ1v) is 9.53. The molecule has 4 rings (SSSR count). The number of methoxy groups -OCH3 is 2. The van der Waals surface area contributed by atoms with E-state index in [1.54, 1.807) is 36.5 Å². The number of nitrogen functional groups attached to an aromatic ring is 1. The molecule has 7 heteroatoms. The minimum atomic E-state index is -0.456. The highest BCUT2D eigenvalue weighted by Crippen LogP contribution is 2.34. The number of nitrogens with one attached hydrogen (secondary N) is 1. The molecule has 0 unspecified atom stereocenters. The molecule has 4 aromatic rings. The van der Waals surface area contributed by atoms with Crippen molar-refractivity contribution in [1.82, 2.24) is 4.98 Å². The monoisotopic (exact) mass is 415 g/mol. The second-order valence-electron chi connectivity index (χ2n) is 6.74. The molecule has 0 aliphatic rings. The molecule has 0 aliphatic carbocycles. The van der Waals surface area contributed by atoms with E-state index in [1.807, 2.05) is 36.4 Å². The van der Waals surface area contributed by atoms with Crippen molar-refractivity contribution in [3.8, 4) is 17.2 Å². The highest BCUT2D eigenvalue weighted by Gasteiger charge is 2.11. The van der Waals surface area contributed by atoms with Crippen LogP contribution < -0.4 is 20.5 Å². The summed E-state index contributed by atoms with van der Waals surface area (Å²) in [5, 5.41) is 5.02. The van der Waals surface area contributed by atoms with E-state index in [1.165, 1.54) is 14.2 Å². The molecule has 0 bridgehead atoms. The minimum Gasteiger partial charge on any atom is -0.497 e. The van der Waals surface area contributed by atoms with Crippen molar-refractivity contribution in [3.63, 3.8) is 0 Å². The molecule has 0 amide bonds. The van der Waals surface area contributed by atoms with Crippen LogP contribution in [0.1, 0.15) is 10.4 Å². The summed E-state index contributed by atoms with van der Waals surface area (Å²) in [5.41, 5.74) is 7.76. The Morgan fingerprint density at radius 2 is 1.74 bits per heavy atom. The lowest BCUT2D eigenvalue weighted by atomic mass is 10.1. The summed E-state index contributed by atoms with van der Waals surface area (Å²) in [6, 6.07) is 20.0. The van der Waals surface area contributed by atoms with Gasteiger partial charge in [-0.05, 0) is 30.3 Å². The summed E-state index contributed by atoms with van der Waals surface area (Å²) in [4.78, 5) is 16.3. The second-order valence-corrected chi connectivity index (χ2v) is 6.74. The molecule has 1 heterocycles. The summed E-state index contributed by atoms with van der Waals surface area (Å²) < 4.78 is 16.2. The summed E-state index contributed by atoms with van der Waals surface area (Å²) >= 11 is 0. The van der Waals surface area contributed by atoms with Crippen LogP contribution in [0, 0.1) is 0 Å². The Labute approximate surface area is 179 Å². The molecule has 0 atom stereocenters. The number of rotatable bonds is 6. The number of hydrogen-bond acceptors (Lipinski definition) is 7. The molecule has 0 saturated heterocycles. The average Bonchev–Trinajstić information content (AvgIpc) is 2.80. The van der Waals surface area contributed by atoms with E-state index in [4.69, 9.17) is 19.9 Å². The number of nitrogens with zero attached hydrogens (tertiary/aromatic N) is 1. The molecule has 0 spiro atoms. The first-order valence-electron chi connectivity index (χ1n) is 9.53. The van der Waals surface area contributed by atoms with Gasteiger partial charge < -0.3 is 25.3 Å². The van der Waals surface area contributed by atoms with E-state index in [-0.39, 0.29) is 0 Å². The standard InChI is InChI=1S/C24H21N3O4/c1-29-18-12-15(24(28)30-2)11-16(13-18)27-23-14-17(9-10-26-23)31-22-8-7-21(25)19-5-3-4-6-20(19)22/h3-14H,25H2,1-2H3,(H,26,27). The van der Waals surface area contributed by atoms with Crippen molar-refractivity contribution >= 4 is 33.9 Å². The zero-order chi connectivity index (χ0) is 21.8. The molecular formula is C24H21N3O4. The molecule has 0 radical (unpaired) electrons. The Balaban J connectivity index is 1.62. The number of ether oxygens (including phenoxy) is 3. The summed E-state index contributed by atoms with van der Waals surface area (Å²) in [6.45, 7) is 0. The van der Waals surface area contributed by atoms with Crippen LogP contribution in [0.4, 0.5) is 17.2 Å². The number of fused-ring (bicyclic) bond motifs is 1. The lowest BCUT2D eigenvalue weighted by molar-refractivity contribution is 0.0600. The Morgan fingerprint density at radius 3 is 2.52 bits per heavy atom. The van der Waals surface area contributed by atoms with Crippen LogP contribution in [0.15, 0.2) is 72.9 Å². The van der Waals surface area contributed by atoms with Crippen molar-refractivity contribution in [1.29, 1.82) is 0 Å². The zero-order valence-corrected chi connectivity index (χ0v) is 17.1. The van der Waals surface area contributed by atoms with E-state index in [0.717, 1.165) is 10.8 Å². The second kappa shape index (κ2) is 8.62. The third-order valence-electron chi connectivity index (χ3n) is 4.71. The number of benzene rings is 3. The van der Waals surface area contributed by atoms with Gasteiger partial charge in [0.15, 0.2) is 0 Å². The molecule has 3 aromatic carbocycles. The first-order chi connectivity index (χ1) is 15.1. The van der Waals surface area contributed by atoms with Crippen molar-refractivity contribution in [2.24, 2.45) is 0 Å². The van der Waals surface area contributed by atoms with Crippen LogP contribution in [0.25, 0.3) is 10.8 Å². The van der Waals surface area contributed by atoms with E-state index in [9.17, 15) is 4.79 Å². The van der Waals surface area contributed by atoms with Crippen molar-refractivity contribution < 1.29 is 19.0 Å². The highest BCUT2D eigenvalue weighted by atomic mass is 16.5. The van der Waals surface area contributed by atoms with E-state index >= 15 is 0 Å². The lowest BCUT2D eigenvalue weighted by Crippen LogP contribution is -2.03. The number of hydrogen-bond donors (Lipinski definition) is 2. The predicted octanol–water partition coefficient (Wildman–Crippen LogP) is 5.15. The third kappa shape index (κ3) is 4.35. The van der Waals surface area contributed by atoms with Crippen LogP contribution in [0.2, 0.25) is 0 Å². The van der Waals surface area contributed by atoms with E-state index < -0.39 is 5.97 Å². The summed E-state index contributed by atoms with van der Waals surface area (Å²) in [6.07, 6.45) is 1.64. The number of carbonyl (C=O) groups excluding carboxylic acids is 1. The van der Waals surface area contributed by atoms with Gasteiger partial charge in [0.1, 0.15) is 23.1 Å². The Morgan fingerprint density at radius 1 is 0.935 bits per heavy atom. The smallest absolute Gasteiger partial charge is 0.338 e. The fourth-order valence-corrected chi connectivity index (χ4v) is 3.23. The molecule has 0 saturated carbocycles. The van der Waals surface area contributed by atoms with Gasteiger partial charge in [-0.25, -0.2) is 9.78 Å². The number of nitrogens with two attached hydrogens (primary N) is 1. The quantitative estimate of drug-likeness (QED) is 0.332. The fraction of sp³-hybridized carbons (Fsp3) is 0.0833. The van der Waals surface area contributed by atoms with Gasteiger partial charge in [0.05, 0.1) is 19.8 Å². The average molecular weight is 415 g/mol. The first kappa shape index (κ1) is 20.0. The number of pyridine rings is 1. The molecule has 156 valence electrons. The number of carbonyl (C=O) groups is 1. The SMILES string of the molecule is COC(=O)c1cc(Nc2cc(Oc3ccc(N)c4ccccc34)ccn2)cc(OC)c1. The molecule has 0 fully saturated rings. The summed E-state index contributed by atoms with van der Waals surface area (Å²) in [5.74, 6) is 1.90. The van der Waals surface area contributed by atoms with E-state index in [0.29, 0.717) is 40.0 Å². The number of esters is 1. The van der Waals surface area contributed by atoms with Crippen LogP contribution in [-0.2, 0) is 4.74 Å². The van der Waals surface area contributed by atoms with Gasteiger partial charge in [0.25, 0.3) is 0 Å². The van der Waals surface area contributed by atoms with Crippen molar-refractivity contribution in [3.05, 3.63) is 78.5 Å². The Hall–Kier alpha value is -4.26. The van der Waals surface area contributed by atoms with Crippen molar-refractivity contribution in [2.75, 3.05) is 25.3 Å². The zero-order valence-electron chi connectivity index (χ0n) is 17.1. The number of aromatic nitrogens is 1. The van der Waals surface area contributed by atoms with Gasteiger partial charge in [-0.15, -0.1) is 0 Å². The lowest BCUT2D eigenvalue weighted by Gasteiger charge is -2.13. The third-order valence-corrected chi connectivity index (χ3v) is 4.71. The molecule has 3 N–H and O–H groups in total. The maximum Gasteiger partial charge on any atom is 0.338 e. The molecule has 0 aliphatic heterocycles. The largest absolute Gasteiger partial charge is 0.497 e.